The Kier molecular flexibility index (Phi) is 9.02. The molecule has 0 atom stereocenters. The van der Waals surface area contributed by atoms with Gasteiger partial charge in [-0.25, -0.2) is 9.59 Å². The molecule has 2 rings (SSSR count). The summed E-state index contributed by atoms with van der Waals surface area (Å²) in [7, 11) is 0.456. The Bertz CT molecular complexity index is 799. The molecule has 2 amide bonds. The van der Waals surface area contributed by atoms with Gasteiger partial charge in [0.15, 0.2) is 0 Å². The zero-order valence-corrected chi connectivity index (χ0v) is 22.3. The summed E-state index contributed by atoms with van der Waals surface area (Å²) < 4.78 is 11.0. The highest BCUT2D eigenvalue weighted by molar-refractivity contribution is 6.76. The number of rotatable bonds is 6. The Morgan fingerprint density at radius 2 is 1.75 bits per heavy atom. The highest BCUT2D eigenvalue weighted by Crippen LogP contribution is 2.26. The first-order valence-electron chi connectivity index (χ1n) is 11.1. The van der Waals surface area contributed by atoms with E-state index in [9.17, 15) is 9.59 Å². The van der Waals surface area contributed by atoms with Crippen molar-refractivity contribution in [2.45, 2.75) is 58.6 Å². The van der Waals surface area contributed by atoms with Crippen LogP contribution in [0.5, 0.6) is 0 Å². The van der Waals surface area contributed by atoms with E-state index in [1.165, 1.54) is 0 Å². The Hall–Kier alpha value is -1.77. The van der Waals surface area contributed by atoms with Gasteiger partial charge in [0.25, 0.3) is 0 Å². The Labute approximate surface area is 198 Å². The molecule has 180 valence electrons. The summed E-state index contributed by atoms with van der Waals surface area (Å²) >= 11 is 6.26. The van der Waals surface area contributed by atoms with Crippen molar-refractivity contribution < 1.29 is 19.1 Å². The van der Waals surface area contributed by atoms with E-state index in [2.05, 4.69) is 24.5 Å². The Balaban J connectivity index is 1.99. The van der Waals surface area contributed by atoms with E-state index in [1.54, 1.807) is 22.9 Å². The fraction of sp³-hybridized carbons (Fsp3) is 0.652. The van der Waals surface area contributed by atoms with E-state index < -0.39 is 13.7 Å². The Morgan fingerprint density at radius 1 is 1.12 bits per heavy atom. The number of ether oxygens (including phenoxy) is 2. The van der Waals surface area contributed by atoms with E-state index in [1.807, 2.05) is 32.9 Å². The lowest BCUT2D eigenvalue weighted by atomic mass is 10.1. The molecule has 1 aromatic carbocycles. The molecule has 0 N–H and O–H groups in total. The molecular formula is C23H38ClN3O4Si. The van der Waals surface area contributed by atoms with E-state index in [-0.39, 0.29) is 12.2 Å². The smallest absolute Gasteiger partial charge is 0.414 e. The zero-order valence-electron chi connectivity index (χ0n) is 20.5. The first kappa shape index (κ1) is 26.5. The van der Waals surface area contributed by atoms with Gasteiger partial charge >= 0.3 is 12.2 Å². The summed E-state index contributed by atoms with van der Waals surface area (Å²) in [6.45, 7) is 16.1. The maximum atomic E-state index is 12.6. The van der Waals surface area contributed by atoms with Crippen LogP contribution in [0.15, 0.2) is 18.2 Å². The van der Waals surface area contributed by atoms with Crippen molar-refractivity contribution >= 4 is 37.5 Å². The van der Waals surface area contributed by atoms with Crippen molar-refractivity contribution in [3.05, 3.63) is 28.8 Å². The molecule has 1 heterocycles. The molecule has 0 radical (unpaired) electrons. The number of benzene rings is 1. The Morgan fingerprint density at radius 3 is 2.31 bits per heavy atom. The van der Waals surface area contributed by atoms with Crippen LogP contribution in [0.1, 0.15) is 26.3 Å². The van der Waals surface area contributed by atoms with Gasteiger partial charge in [-0.2, -0.15) is 0 Å². The molecule has 0 spiro atoms. The minimum Gasteiger partial charge on any atom is -0.449 e. The van der Waals surface area contributed by atoms with Crippen molar-refractivity contribution in [3.8, 4) is 0 Å². The highest BCUT2D eigenvalue weighted by atomic mass is 35.5. The van der Waals surface area contributed by atoms with Gasteiger partial charge in [0.05, 0.1) is 12.3 Å². The quantitative estimate of drug-likeness (QED) is 0.513. The van der Waals surface area contributed by atoms with E-state index in [0.717, 1.165) is 30.4 Å². The van der Waals surface area contributed by atoms with Gasteiger partial charge in [-0.1, -0.05) is 31.2 Å². The second-order valence-corrected chi connectivity index (χ2v) is 16.6. The van der Waals surface area contributed by atoms with Crippen LogP contribution in [-0.2, 0) is 16.0 Å². The van der Waals surface area contributed by atoms with Crippen LogP contribution in [0, 0.1) is 0 Å². The van der Waals surface area contributed by atoms with Crippen LogP contribution < -0.4 is 4.90 Å². The van der Waals surface area contributed by atoms with Crippen molar-refractivity contribution in [3.63, 3.8) is 0 Å². The third-order valence-corrected chi connectivity index (χ3v) is 7.11. The molecule has 1 fully saturated rings. The van der Waals surface area contributed by atoms with Crippen molar-refractivity contribution in [1.29, 1.82) is 0 Å². The fourth-order valence-electron chi connectivity index (χ4n) is 3.30. The predicted octanol–water partition coefficient (Wildman–Crippen LogP) is 5.30. The van der Waals surface area contributed by atoms with Crippen LogP contribution in [0.3, 0.4) is 0 Å². The first-order chi connectivity index (χ1) is 14.7. The predicted molar refractivity (Wildman–Crippen MR) is 132 cm³/mol. The lowest BCUT2D eigenvalue weighted by Crippen LogP contribution is -2.49. The molecule has 1 aliphatic heterocycles. The van der Waals surface area contributed by atoms with E-state index in [4.69, 9.17) is 21.1 Å². The molecule has 0 saturated carbocycles. The number of carbonyl (C=O) groups is 2. The van der Waals surface area contributed by atoms with Gasteiger partial charge in [0, 0.05) is 52.9 Å². The molecule has 9 heteroatoms. The van der Waals surface area contributed by atoms with Gasteiger partial charge in [-0.15, -0.1) is 0 Å². The summed E-state index contributed by atoms with van der Waals surface area (Å²) in [5.74, 6) is 0. The molecular weight excluding hydrogens is 446 g/mol. The average Bonchev–Trinajstić information content (AvgIpc) is 2.66. The van der Waals surface area contributed by atoms with Crippen LogP contribution in [-0.4, -0.2) is 75.5 Å². The highest BCUT2D eigenvalue weighted by Gasteiger charge is 2.27. The third kappa shape index (κ3) is 8.63. The van der Waals surface area contributed by atoms with Crippen LogP contribution in [0.25, 0.3) is 0 Å². The fourth-order valence-corrected chi connectivity index (χ4v) is 4.21. The maximum absolute atomic E-state index is 12.6. The summed E-state index contributed by atoms with van der Waals surface area (Å²) in [4.78, 5) is 30.4. The van der Waals surface area contributed by atoms with Crippen LogP contribution in [0.4, 0.5) is 15.3 Å². The first-order valence-corrected chi connectivity index (χ1v) is 15.2. The number of carbonyl (C=O) groups excluding carboxylic acids is 2. The number of piperazine rings is 1. The average molecular weight is 484 g/mol. The minimum atomic E-state index is -1.27. The molecule has 0 bridgehead atoms. The zero-order chi connectivity index (χ0) is 24.1. The standard InChI is InChI=1S/C23H38ClN3O4Si/c1-23(2,3)31-22(29)27-12-10-26(11-13-27)17-18-16-19(24)8-9-20(18)25(4)21(28)30-14-15-32(5,6)7/h8-9,16H,10-15,17H2,1-7H3. The van der Waals surface area contributed by atoms with Crippen molar-refractivity contribution in [2.24, 2.45) is 0 Å². The molecule has 1 saturated heterocycles. The number of halogens is 1. The van der Waals surface area contributed by atoms with Gasteiger partial charge in [0.2, 0.25) is 0 Å². The lowest BCUT2D eigenvalue weighted by molar-refractivity contribution is 0.0139. The third-order valence-electron chi connectivity index (χ3n) is 5.17. The van der Waals surface area contributed by atoms with E-state index >= 15 is 0 Å². The molecule has 0 unspecified atom stereocenters. The van der Waals surface area contributed by atoms with Crippen LogP contribution >= 0.6 is 11.6 Å². The van der Waals surface area contributed by atoms with Gasteiger partial charge in [-0.05, 0) is 50.6 Å². The van der Waals surface area contributed by atoms with Gasteiger partial charge in [-0.3, -0.25) is 9.80 Å². The number of nitrogens with zero attached hydrogens (tertiary/aromatic N) is 3. The number of hydrogen-bond acceptors (Lipinski definition) is 5. The lowest BCUT2D eigenvalue weighted by Gasteiger charge is -2.36. The maximum Gasteiger partial charge on any atom is 0.414 e. The topological polar surface area (TPSA) is 62.3 Å². The number of hydrogen-bond donors (Lipinski definition) is 0. The normalized spacial score (nSPS) is 15.4. The van der Waals surface area contributed by atoms with Crippen LogP contribution in [0.2, 0.25) is 30.7 Å². The number of amides is 2. The second-order valence-electron chi connectivity index (χ2n) is 10.5. The summed E-state index contributed by atoms with van der Waals surface area (Å²) in [6.07, 6.45) is -0.636. The molecule has 1 aromatic rings. The second kappa shape index (κ2) is 10.9. The van der Waals surface area contributed by atoms with E-state index in [0.29, 0.717) is 31.3 Å². The summed E-state index contributed by atoms with van der Waals surface area (Å²) in [5.41, 5.74) is 1.23. The minimum absolute atomic E-state index is 0.276. The van der Waals surface area contributed by atoms with Crippen molar-refractivity contribution in [1.82, 2.24) is 9.80 Å². The molecule has 0 aromatic heterocycles. The van der Waals surface area contributed by atoms with Gasteiger partial charge in [0.1, 0.15) is 5.60 Å². The monoisotopic (exact) mass is 483 g/mol. The SMILES string of the molecule is CN(C(=O)OCC[Si](C)(C)C)c1ccc(Cl)cc1CN1CCN(C(=O)OC(C)(C)C)CC1. The number of anilines is 1. The largest absolute Gasteiger partial charge is 0.449 e. The van der Waals surface area contributed by atoms with Crippen molar-refractivity contribution in [2.75, 3.05) is 44.7 Å². The summed E-state index contributed by atoms with van der Waals surface area (Å²) in [5, 5.41) is 0.622. The molecule has 32 heavy (non-hydrogen) atoms. The molecule has 7 nitrogen and oxygen atoms in total. The molecule has 0 aliphatic carbocycles. The molecule has 1 aliphatic rings. The van der Waals surface area contributed by atoms with Gasteiger partial charge < -0.3 is 14.4 Å². The summed E-state index contributed by atoms with van der Waals surface area (Å²) in [6, 6.07) is 6.46.